The van der Waals surface area contributed by atoms with Gasteiger partial charge in [0.15, 0.2) is 4.90 Å². The zero-order valence-electron chi connectivity index (χ0n) is 11.2. The summed E-state index contributed by atoms with van der Waals surface area (Å²) in [5.41, 5.74) is -1.04. The maximum atomic E-state index is 13.4. The molecule has 0 saturated heterocycles. The van der Waals surface area contributed by atoms with E-state index in [1.165, 1.54) is 0 Å². The van der Waals surface area contributed by atoms with Crippen LogP contribution in [0.1, 0.15) is 6.92 Å². The number of nitro groups is 1. The highest BCUT2D eigenvalue weighted by molar-refractivity contribution is 7.89. The Kier molecular flexibility index (Phi) is 5.54. The highest BCUT2D eigenvalue weighted by atomic mass is 32.2. The Morgan fingerprint density at radius 1 is 1.45 bits per heavy atom. The lowest BCUT2D eigenvalue weighted by Crippen LogP contribution is -2.33. The Balaban J connectivity index is 2.99. The zero-order valence-corrected chi connectivity index (χ0v) is 12.0. The molecule has 112 valence electrons. The number of benzene rings is 1. The van der Waals surface area contributed by atoms with Crippen molar-refractivity contribution in [3.05, 3.63) is 34.1 Å². The fourth-order valence-electron chi connectivity index (χ4n) is 1.50. The number of nitro benzene ring substituents is 1. The second kappa shape index (κ2) is 6.73. The molecule has 1 aromatic carbocycles. The number of para-hydroxylation sites is 1. The minimum atomic E-state index is -4.12. The average molecular weight is 305 g/mol. The maximum absolute atomic E-state index is 13.4. The van der Waals surface area contributed by atoms with Crippen LogP contribution in [0.3, 0.4) is 0 Å². The van der Waals surface area contributed by atoms with Crippen LogP contribution in [0.4, 0.5) is 10.1 Å². The van der Waals surface area contributed by atoms with Gasteiger partial charge in [-0.2, -0.15) is 4.39 Å². The number of sulfonamides is 1. The van der Waals surface area contributed by atoms with Gasteiger partial charge < -0.3 is 4.90 Å². The van der Waals surface area contributed by atoms with E-state index in [1.54, 1.807) is 7.05 Å². The molecular weight excluding hydrogens is 289 g/mol. The summed E-state index contributed by atoms with van der Waals surface area (Å²) in [5, 5.41) is 10.8. The molecule has 0 radical (unpaired) electrons. The van der Waals surface area contributed by atoms with E-state index in [0.717, 1.165) is 24.7 Å². The topological polar surface area (TPSA) is 92.6 Å². The molecule has 0 aliphatic carbocycles. The number of hydrogen-bond acceptors (Lipinski definition) is 5. The van der Waals surface area contributed by atoms with Crippen LogP contribution < -0.4 is 4.72 Å². The van der Waals surface area contributed by atoms with Crippen molar-refractivity contribution in [2.75, 3.05) is 26.7 Å². The van der Waals surface area contributed by atoms with Crippen LogP contribution in [0, 0.1) is 15.9 Å². The van der Waals surface area contributed by atoms with Crippen molar-refractivity contribution in [2.45, 2.75) is 11.8 Å². The number of hydrogen-bond donors (Lipinski definition) is 1. The van der Waals surface area contributed by atoms with Gasteiger partial charge >= 0.3 is 5.69 Å². The summed E-state index contributed by atoms with van der Waals surface area (Å²) in [5.74, 6) is -1.18. The van der Waals surface area contributed by atoms with Crippen LogP contribution >= 0.6 is 0 Å². The zero-order chi connectivity index (χ0) is 15.3. The molecule has 0 aliphatic rings. The van der Waals surface area contributed by atoms with E-state index in [9.17, 15) is 22.9 Å². The summed E-state index contributed by atoms with van der Waals surface area (Å²) in [7, 11) is -2.32. The molecular formula is C11H16FN3O4S. The van der Waals surface area contributed by atoms with Crippen LogP contribution in [0.2, 0.25) is 0 Å². The summed E-state index contributed by atoms with van der Waals surface area (Å²) in [6.45, 7) is 3.17. The van der Waals surface area contributed by atoms with Gasteiger partial charge in [-0.25, -0.2) is 13.1 Å². The van der Waals surface area contributed by atoms with Crippen molar-refractivity contribution in [2.24, 2.45) is 0 Å². The molecule has 0 bridgehead atoms. The predicted octanol–water partition coefficient (Wildman–Crippen LogP) is 0.964. The number of nitrogens with zero attached hydrogens (tertiary/aromatic N) is 2. The molecule has 0 fully saturated rings. The molecule has 0 unspecified atom stereocenters. The lowest BCUT2D eigenvalue weighted by molar-refractivity contribution is -0.390. The average Bonchev–Trinajstić information content (AvgIpc) is 2.37. The summed E-state index contributed by atoms with van der Waals surface area (Å²) in [4.78, 5) is 10.9. The van der Waals surface area contributed by atoms with Crippen LogP contribution in [0.25, 0.3) is 0 Å². The standard InChI is InChI=1S/C11H16FN3O4S/c1-3-14(2)8-7-13-20(18,19)10-6-4-5-9(12)11(10)15(16)17/h4-6,13H,3,7-8H2,1-2H3. The monoisotopic (exact) mass is 305 g/mol. The Morgan fingerprint density at radius 2 is 2.10 bits per heavy atom. The van der Waals surface area contributed by atoms with Crippen molar-refractivity contribution in [1.82, 2.24) is 9.62 Å². The highest BCUT2D eigenvalue weighted by Crippen LogP contribution is 2.26. The van der Waals surface area contributed by atoms with E-state index in [4.69, 9.17) is 0 Å². The van der Waals surface area contributed by atoms with Crippen LogP contribution in [-0.2, 0) is 10.0 Å². The summed E-state index contributed by atoms with van der Waals surface area (Å²) >= 11 is 0. The van der Waals surface area contributed by atoms with Crippen molar-refractivity contribution in [3.63, 3.8) is 0 Å². The van der Waals surface area contributed by atoms with Crippen LogP contribution in [0.15, 0.2) is 23.1 Å². The molecule has 7 nitrogen and oxygen atoms in total. The van der Waals surface area contributed by atoms with Crippen molar-refractivity contribution < 1.29 is 17.7 Å². The van der Waals surface area contributed by atoms with Crippen molar-refractivity contribution >= 4 is 15.7 Å². The molecule has 0 aliphatic heterocycles. The molecule has 9 heteroatoms. The molecule has 0 heterocycles. The summed E-state index contributed by atoms with van der Waals surface area (Å²) < 4.78 is 39.6. The van der Waals surface area contributed by atoms with Gasteiger partial charge in [0.25, 0.3) is 0 Å². The normalized spacial score (nSPS) is 11.8. The van der Waals surface area contributed by atoms with Gasteiger partial charge in [-0.15, -0.1) is 0 Å². The van der Waals surface area contributed by atoms with E-state index in [2.05, 4.69) is 4.72 Å². The second-order valence-electron chi connectivity index (χ2n) is 4.14. The predicted molar refractivity (Wildman–Crippen MR) is 71.4 cm³/mol. The molecule has 1 aromatic rings. The smallest absolute Gasteiger partial charge is 0.305 e. The lowest BCUT2D eigenvalue weighted by atomic mass is 10.3. The molecule has 1 rings (SSSR count). The number of nitrogens with one attached hydrogen (secondary N) is 1. The quantitative estimate of drug-likeness (QED) is 0.598. The third kappa shape index (κ3) is 3.95. The SMILES string of the molecule is CCN(C)CCNS(=O)(=O)c1cccc(F)c1[N+](=O)[O-]. The lowest BCUT2D eigenvalue weighted by Gasteiger charge is -2.14. The third-order valence-corrected chi connectivity index (χ3v) is 4.24. The molecule has 1 N–H and O–H groups in total. The van der Waals surface area contributed by atoms with Gasteiger partial charge in [-0.3, -0.25) is 10.1 Å². The first kappa shape index (κ1) is 16.5. The van der Waals surface area contributed by atoms with Crippen molar-refractivity contribution in [1.29, 1.82) is 0 Å². The third-order valence-electron chi connectivity index (χ3n) is 2.75. The second-order valence-corrected chi connectivity index (χ2v) is 5.87. The van der Waals surface area contributed by atoms with Gasteiger partial charge in [0, 0.05) is 13.1 Å². The first-order valence-electron chi connectivity index (χ1n) is 5.90. The Labute approximate surface area is 116 Å². The Hall–Kier alpha value is -1.58. The first-order chi connectivity index (χ1) is 9.29. The van der Waals surface area contributed by atoms with Crippen LogP contribution in [-0.4, -0.2) is 44.9 Å². The highest BCUT2D eigenvalue weighted by Gasteiger charge is 2.28. The number of rotatable bonds is 7. The van der Waals surface area contributed by atoms with Crippen molar-refractivity contribution in [3.8, 4) is 0 Å². The van der Waals surface area contributed by atoms with E-state index >= 15 is 0 Å². The summed E-state index contributed by atoms with van der Waals surface area (Å²) in [6.07, 6.45) is 0. The minimum absolute atomic E-state index is 0.0837. The van der Waals surface area contributed by atoms with Gasteiger partial charge in [-0.05, 0) is 25.7 Å². The molecule has 0 aromatic heterocycles. The largest absolute Gasteiger partial charge is 0.324 e. The van der Waals surface area contributed by atoms with E-state index < -0.39 is 31.3 Å². The van der Waals surface area contributed by atoms with Gasteiger partial charge in [0.1, 0.15) is 0 Å². The molecule has 0 saturated carbocycles. The Morgan fingerprint density at radius 3 is 2.65 bits per heavy atom. The van der Waals surface area contributed by atoms with E-state index in [1.807, 2.05) is 11.8 Å². The molecule has 0 amide bonds. The van der Waals surface area contributed by atoms with Gasteiger partial charge in [0.05, 0.1) is 4.92 Å². The van der Waals surface area contributed by atoms with Gasteiger partial charge in [0.2, 0.25) is 15.8 Å². The number of likely N-dealkylation sites (N-methyl/N-ethyl adjacent to an activating group) is 1. The fourth-order valence-corrected chi connectivity index (χ4v) is 2.70. The fraction of sp³-hybridized carbons (Fsp3) is 0.455. The minimum Gasteiger partial charge on any atom is -0.305 e. The molecule has 0 atom stereocenters. The Bertz CT molecular complexity index is 591. The molecule has 20 heavy (non-hydrogen) atoms. The number of halogens is 1. The summed E-state index contributed by atoms with van der Waals surface area (Å²) in [6, 6.07) is 2.98. The first-order valence-corrected chi connectivity index (χ1v) is 7.39. The van der Waals surface area contributed by atoms with Crippen LogP contribution in [0.5, 0.6) is 0 Å². The van der Waals surface area contributed by atoms with E-state index in [0.29, 0.717) is 6.54 Å². The maximum Gasteiger partial charge on any atom is 0.324 e. The molecule has 0 spiro atoms. The van der Waals surface area contributed by atoms with Gasteiger partial charge in [-0.1, -0.05) is 13.0 Å². The van der Waals surface area contributed by atoms with E-state index in [-0.39, 0.29) is 6.54 Å².